The Labute approximate surface area is 110 Å². The number of carbonyl (C=O) groups is 1. The standard InChI is InChI=1S/C14H12N2O.ClH/c1-9(17)8-13-15-11-6-2-4-10-5-3-7-12(16-13)14(10)11;/h2-8,15-16H,1H3;1H. The number of aromatic nitrogens is 2. The van der Waals surface area contributed by atoms with Gasteiger partial charge >= 0.3 is 0 Å². The molecule has 0 saturated heterocycles. The average molecular weight is 261 g/mol. The van der Waals surface area contributed by atoms with Gasteiger partial charge in [0.05, 0.1) is 0 Å². The largest absolute Gasteiger partial charge is 0.341 e. The first-order valence-electron chi connectivity index (χ1n) is 5.52. The van der Waals surface area contributed by atoms with Gasteiger partial charge in [-0.3, -0.25) is 4.79 Å². The molecule has 3 nitrogen and oxygen atoms in total. The summed E-state index contributed by atoms with van der Waals surface area (Å²) in [5, 5.41) is 2.34. The monoisotopic (exact) mass is 260 g/mol. The minimum atomic E-state index is 0. The molecule has 0 unspecified atom stereocenters. The SMILES string of the molecule is CC(=O)C=c1[nH]c2cccc3cccc([nH]1)c32.Cl. The maximum atomic E-state index is 11.1. The van der Waals surface area contributed by atoms with Crippen LogP contribution in [0.1, 0.15) is 6.92 Å². The molecule has 0 atom stereocenters. The summed E-state index contributed by atoms with van der Waals surface area (Å²) in [5.41, 5.74) is 2.79. The second kappa shape index (κ2) is 4.70. The third-order valence-corrected chi connectivity index (χ3v) is 2.79. The Morgan fingerprint density at radius 1 is 1.06 bits per heavy atom. The lowest BCUT2D eigenvalue weighted by atomic mass is 10.1. The van der Waals surface area contributed by atoms with Gasteiger partial charge in [0, 0.05) is 22.5 Å². The number of hydrogen-bond acceptors (Lipinski definition) is 1. The molecule has 1 aromatic heterocycles. The molecule has 2 N–H and O–H groups in total. The summed E-state index contributed by atoms with van der Waals surface area (Å²) in [6.07, 6.45) is 1.56. The van der Waals surface area contributed by atoms with E-state index >= 15 is 0 Å². The number of nitrogens with one attached hydrogen (secondary N) is 2. The summed E-state index contributed by atoms with van der Waals surface area (Å²) in [4.78, 5) is 17.6. The molecule has 0 radical (unpaired) electrons. The smallest absolute Gasteiger partial charge is 0.156 e. The summed E-state index contributed by atoms with van der Waals surface area (Å²) in [6.45, 7) is 1.54. The van der Waals surface area contributed by atoms with Crippen molar-refractivity contribution in [3.8, 4) is 0 Å². The van der Waals surface area contributed by atoms with Crippen molar-refractivity contribution in [2.24, 2.45) is 0 Å². The molecule has 0 saturated carbocycles. The van der Waals surface area contributed by atoms with Gasteiger partial charge in [-0.15, -0.1) is 12.4 Å². The number of rotatable bonds is 1. The zero-order valence-electron chi connectivity index (χ0n) is 9.86. The van der Waals surface area contributed by atoms with Crippen LogP contribution >= 0.6 is 12.4 Å². The second-order valence-corrected chi connectivity index (χ2v) is 4.13. The van der Waals surface area contributed by atoms with E-state index in [4.69, 9.17) is 0 Å². The van der Waals surface area contributed by atoms with Crippen molar-refractivity contribution in [1.29, 1.82) is 0 Å². The van der Waals surface area contributed by atoms with Crippen LogP contribution in [0.2, 0.25) is 0 Å². The average Bonchev–Trinajstić information content (AvgIpc) is 2.28. The van der Waals surface area contributed by atoms with Crippen molar-refractivity contribution in [3.05, 3.63) is 41.9 Å². The molecule has 0 spiro atoms. The van der Waals surface area contributed by atoms with Gasteiger partial charge in [0.15, 0.2) is 5.78 Å². The maximum Gasteiger partial charge on any atom is 0.156 e. The molecular formula is C14H13ClN2O. The summed E-state index contributed by atoms with van der Waals surface area (Å²) in [7, 11) is 0. The van der Waals surface area contributed by atoms with Crippen molar-refractivity contribution in [2.45, 2.75) is 6.92 Å². The molecule has 2 aromatic carbocycles. The van der Waals surface area contributed by atoms with Gasteiger partial charge in [0.2, 0.25) is 0 Å². The summed E-state index contributed by atoms with van der Waals surface area (Å²) < 4.78 is 0. The molecule has 1 heterocycles. The topological polar surface area (TPSA) is 48.6 Å². The van der Waals surface area contributed by atoms with Gasteiger partial charge in [0.25, 0.3) is 0 Å². The molecule has 0 aliphatic carbocycles. The number of benzene rings is 2. The van der Waals surface area contributed by atoms with E-state index in [0.717, 1.165) is 21.9 Å². The van der Waals surface area contributed by atoms with Crippen molar-refractivity contribution in [3.63, 3.8) is 0 Å². The number of aromatic amines is 2. The third kappa shape index (κ3) is 2.05. The van der Waals surface area contributed by atoms with E-state index < -0.39 is 0 Å². The zero-order chi connectivity index (χ0) is 11.8. The van der Waals surface area contributed by atoms with E-state index in [2.05, 4.69) is 22.1 Å². The number of Topliss-reactive ketones (excluding diaryl/α,β-unsaturated/α-hetero) is 1. The third-order valence-electron chi connectivity index (χ3n) is 2.79. The van der Waals surface area contributed by atoms with E-state index in [9.17, 15) is 4.79 Å². The Bertz CT molecular complexity index is 731. The quantitative estimate of drug-likeness (QED) is 0.694. The Balaban J connectivity index is 0.00000120. The molecule has 4 heteroatoms. The Hall–Kier alpha value is -2.00. The van der Waals surface area contributed by atoms with Crippen LogP contribution in [-0.2, 0) is 4.79 Å². The van der Waals surface area contributed by atoms with Crippen molar-refractivity contribution in [1.82, 2.24) is 9.97 Å². The fourth-order valence-corrected chi connectivity index (χ4v) is 2.15. The summed E-state index contributed by atoms with van der Waals surface area (Å²) in [5.74, 6) is 0.0200. The van der Waals surface area contributed by atoms with Crippen LogP contribution in [-0.4, -0.2) is 15.8 Å². The lowest BCUT2D eigenvalue weighted by Gasteiger charge is -2.05. The van der Waals surface area contributed by atoms with Gasteiger partial charge < -0.3 is 9.97 Å². The second-order valence-electron chi connectivity index (χ2n) is 4.13. The zero-order valence-corrected chi connectivity index (χ0v) is 10.7. The van der Waals surface area contributed by atoms with Crippen LogP contribution < -0.4 is 5.48 Å². The van der Waals surface area contributed by atoms with Gasteiger partial charge in [-0.25, -0.2) is 0 Å². The van der Waals surface area contributed by atoms with Crippen LogP contribution in [0.3, 0.4) is 0 Å². The number of halogens is 1. The van der Waals surface area contributed by atoms with Crippen LogP contribution in [0.4, 0.5) is 0 Å². The molecule has 18 heavy (non-hydrogen) atoms. The fourth-order valence-electron chi connectivity index (χ4n) is 2.15. The van der Waals surface area contributed by atoms with Crippen molar-refractivity contribution >= 4 is 46.1 Å². The molecule has 92 valence electrons. The first-order valence-corrected chi connectivity index (χ1v) is 5.52. The molecule has 3 rings (SSSR count). The Kier molecular flexibility index (Phi) is 3.26. The molecular weight excluding hydrogens is 248 g/mol. The van der Waals surface area contributed by atoms with E-state index in [0.29, 0.717) is 0 Å². The number of hydrogen-bond donors (Lipinski definition) is 2. The van der Waals surface area contributed by atoms with Crippen LogP contribution in [0, 0.1) is 0 Å². The number of H-pyrrole nitrogens is 2. The minimum Gasteiger partial charge on any atom is -0.341 e. The number of carbonyl (C=O) groups excluding carboxylic acids is 1. The van der Waals surface area contributed by atoms with Crippen molar-refractivity contribution < 1.29 is 4.79 Å². The van der Waals surface area contributed by atoms with Gasteiger partial charge in [-0.1, -0.05) is 24.3 Å². The summed E-state index contributed by atoms with van der Waals surface area (Å²) >= 11 is 0. The highest BCUT2D eigenvalue weighted by atomic mass is 35.5. The molecule has 0 fully saturated rings. The van der Waals surface area contributed by atoms with Gasteiger partial charge in [0.1, 0.15) is 5.48 Å². The highest BCUT2D eigenvalue weighted by Gasteiger charge is 2.01. The number of ketones is 1. The highest BCUT2D eigenvalue weighted by Crippen LogP contribution is 2.21. The Morgan fingerprint density at radius 3 is 2.11 bits per heavy atom. The fraction of sp³-hybridized carbons (Fsp3) is 0.0714. The minimum absolute atomic E-state index is 0. The normalized spacial score (nSPS) is 10.3. The first-order chi connectivity index (χ1) is 8.24. The van der Waals surface area contributed by atoms with E-state index in [1.54, 1.807) is 6.08 Å². The van der Waals surface area contributed by atoms with E-state index in [-0.39, 0.29) is 18.2 Å². The predicted molar refractivity (Wildman–Crippen MR) is 76.6 cm³/mol. The molecule has 0 amide bonds. The van der Waals surface area contributed by atoms with E-state index in [1.807, 2.05) is 24.3 Å². The Morgan fingerprint density at radius 2 is 1.61 bits per heavy atom. The van der Waals surface area contributed by atoms with Crippen molar-refractivity contribution in [2.75, 3.05) is 0 Å². The lowest BCUT2D eigenvalue weighted by molar-refractivity contribution is -0.111. The van der Waals surface area contributed by atoms with Crippen LogP contribution in [0.25, 0.3) is 27.9 Å². The lowest BCUT2D eigenvalue weighted by Crippen LogP contribution is -2.14. The molecule has 0 bridgehead atoms. The highest BCUT2D eigenvalue weighted by molar-refractivity contribution is 6.07. The van der Waals surface area contributed by atoms with Crippen LogP contribution in [0.5, 0.6) is 0 Å². The molecule has 0 aliphatic heterocycles. The van der Waals surface area contributed by atoms with Gasteiger partial charge in [-0.05, 0) is 24.4 Å². The maximum absolute atomic E-state index is 11.1. The first kappa shape index (κ1) is 12.5. The van der Waals surface area contributed by atoms with Crippen LogP contribution in [0.15, 0.2) is 36.4 Å². The predicted octanol–water partition coefficient (Wildman–Crippen LogP) is 2.72. The molecule has 0 aliphatic rings. The van der Waals surface area contributed by atoms with E-state index in [1.165, 1.54) is 12.3 Å². The summed E-state index contributed by atoms with van der Waals surface area (Å²) in [6, 6.07) is 12.2. The molecule has 3 aromatic rings. The van der Waals surface area contributed by atoms with Gasteiger partial charge in [-0.2, -0.15) is 0 Å².